The van der Waals surface area contributed by atoms with Crippen LogP contribution in [0.25, 0.3) is 11.3 Å². The van der Waals surface area contributed by atoms with Gasteiger partial charge in [0.15, 0.2) is 0 Å². The monoisotopic (exact) mass is 395 g/mol. The maximum Gasteiger partial charge on any atom is 0.255 e. The van der Waals surface area contributed by atoms with Crippen molar-refractivity contribution in [3.8, 4) is 11.3 Å². The molecule has 6 heteroatoms. The third kappa shape index (κ3) is 5.19. The van der Waals surface area contributed by atoms with E-state index in [1.807, 2.05) is 61.3 Å². The highest BCUT2D eigenvalue weighted by Gasteiger charge is 2.25. The van der Waals surface area contributed by atoms with Gasteiger partial charge in [-0.15, -0.1) is 24.8 Å². The van der Waals surface area contributed by atoms with Gasteiger partial charge in [-0.25, -0.2) is 0 Å². The number of amides is 1. The van der Waals surface area contributed by atoms with E-state index in [1.54, 1.807) is 0 Å². The molecule has 0 aliphatic carbocycles. The number of carbonyl (C=O) groups is 1. The van der Waals surface area contributed by atoms with Gasteiger partial charge in [0.1, 0.15) is 0 Å². The molecule has 1 saturated heterocycles. The lowest BCUT2D eigenvalue weighted by atomic mass is 9.97. The van der Waals surface area contributed by atoms with Crippen LogP contribution in [0, 0.1) is 12.8 Å². The van der Waals surface area contributed by atoms with E-state index >= 15 is 0 Å². The first-order valence-electron chi connectivity index (χ1n) is 8.66. The number of likely N-dealkylation sites (tertiary alicyclic amines) is 1. The van der Waals surface area contributed by atoms with Crippen molar-refractivity contribution in [3.05, 3.63) is 53.7 Å². The van der Waals surface area contributed by atoms with Gasteiger partial charge in [-0.3, -0.25) is 9.78 Å². The van der Waals surface area contributed by atoms with Crippen LogP contribution < -0.4 is 5.32 Å². The van der Waals surface area contributed by atoms with E-state index in [0.29, 0.717) is 5.92 Å². The molecule has 0 radical (unpaired) electrons. The number of hydrogen-bond donors (Lipinski definition) is 1. The van der Waals surface area contributed by atoms with Gasteiger partial charge in [-0.1, -0.05) is 30.3 Å². The van der Waals surface area contributed by atoms with Crippen molar-refractivity contribution in [3.63, 3.8) is 0 Å². The second-order valence-corrected chi connectivity index (χ2v) is 6.51. The maximum atomic E-state index is 12.9. The van der Waals surface area contributed by atoms with Crippen LogP contribution in [0.1, 0.15) is 28.9 Å². The van der Waals surface area contributed by atoms with Crippen molar-refractivity contribution < 1.29 is 4.79 Å². The summed E-state index contributed by atoms with van der Waals surface area (Å²) in [6.45, 7) is 4.57. The molecule has 1 aliphatic heterocycles. The molecule has 26 heavy (non-hydrogen) atoms. The first kappa shape index (κ1) is 22.4. The Bertz CT molecular complexity index is 707. The molecule has 1 aromatic heterocycles. The Labute approximate surface area is 168 Å². The molecule has 2 heterocycles. The molecular formula is C20H27Cl2N3O. The van der Waals surface area contributed by atoms with Crippen LogP contribution >= 0.6 is 24.8 Å². The van der Waals surface area contributed by atoms with Gasteiger partial charge >= 0.3 is 0 Å². The third-order valence-corrected chi connectivity index (χ3v) is 4.68. The first-order valence-corrected chi connectivity index (χ1v) is 8.66. The minimum Gasteiger partial charge on any atom is -0.338 e. The summed E-state index contributed by atoms with van der Waals surface area (Å²) in [5.41, 5.74) is 3.51. The number of pyridine rings is 1. The minimum absolute atomic E-state index is 0. The molecule has 1 fully saturated rings. The van der Waals surface area contributed by atoms with Gasteiger partial charge in [0, 0.05) is 18.7 Å². The summed E-state index contributed by atoms with van der Waals surface area (Å²) in [6.07, 6.45) is 2.27. The van der Waals surface area contributed by atoms with Gasteiger partial charge < -0.3 is 10.2 Å². The summed E-state index contributed by atoms with van der Waals surface area (Å²) >= 11 is 0. The molecule has 1 N–H and O–H groups in total. The average Bonchev–Trinajstić information content (AvgIpc) is 2.62. The van der Waals surface area contributed by atoms with Gasteiger partial charge in [0.2, 0.25) is 0 Å². The number of aryl methyl sites for hydroxylation is 1. The molecule has 1 unspecified atom stereocenters. The van der Waals surface area contributed by atoms with E-state index < -0.39 is 0 Å². The summed E-state index contributed by atoms with van der Waals surface area (Å²) < 4.78 is 0. The standard InChI is InChI=1S/C20H25N3O.2ClH/c1-15-18(10-11-19(22-15)17-8-4-3-5-9-17)20(24)23-12-6-7-16(14-23)13-21-2;;/h3-5,8-11,16,21H,6-7,12-14H2,1-2H3;2*1H. The van der Waals surface area contributed by atoms with E-state index in [0.717, 1.165) is 48.6 Å². The third-order valence-electron chi connectivity index (χ3n) is 4.68. The number of rotatable bonds is 4. The van der Waals surface area contributed by atoms with E-state index in [1.165, 1.54) is 6.42 Å². The zero-order chi connectivity index (χ0) is 16.9. The van der Waals surface area contributed by atoms with Crippen molar-refractivity contribution >= 4 is 30.7 Å². The number of halogens is 2. The van der Waals surface area contributed by atoms with E-state index in [2.05, 4.69) is 10.3 Å². The Morgan fingerprint density at radius 2 is 1.92 bits per heavy atom. The highest BCUT2D eigenvalue weighted by Crippen LogP contribution is 2.22. The largest absolute Gasteiger partial charge is 0.338 e. The van der Waals surface area contributed by atoms with Crippen LogP contribution in [0.3, 0.4) is 0 Å². The van der Waals surface area contributed by atoms with Crippen LogP contribution in [0.15, 0.2) is 42.5 Å². The summed E-state index contributed by atoms with van der Waals surface area (Å²) in [4.78, 5) is 19.5. The topological polar surface area (TPSA) is 45.2 Å². The van der Waals surface area contributed by atoms with Crippen LogP contribution in [-0.4, -0.2) is 42.5 Å². The Kier molecular flexibility index (Phi) is 9.06. The quantitative estimate of drug-likeness (QED) is 0.851. The first-order chi connectivity index (χ1) is 11.7. The van der Waals surface area contributed by atoms with Crippen LogP contribution in [-0.2, 0) is 0 Å². The highest BCUT2D eigenvalue weighted by atomic mass is 35.5. The molecule has 1 atom stereocenters. The Morgan fingerprint density at radius 3 is 2.58 bits per heavy atom. The number of nitrogens with zero attached hydrogens (tertiary/aromatic N) is 2. The smallest absolute Gasteiger partial charge is 0.255 e. The molecular weight excluding hydrogens is 369 g/mol. The summed E-state index contributed by atoms with van der Waals surface area (Å²) in [5.74, 6) is 0.657. The number of benzene rings is 1. The molecule has 0 bridgehead atoms. The predicted molar refractivity (Wildman–Crippen MR) is 111 cm³/mol. The lowest BCUT2D eigenvalue weighted by Crippen LogP contribution is -2.42. The number of hydrogen-bond acceptors (Lipinski definition) is 3. The Hall–Kier alpha value is -1.62. The van der Waals surface area contributed by atoms with Crippen LogP contribution in [0.2, 0.25) is 0 Å². The van der Waals surface area contributed by atoms with Crippen molar-refractivity contribution in [2.24, 2.45) is 5.92 Å². The van der Waals surface area contributed by atoms with Gasteiger partial charge in [0.05, 0.1) is 17.0 Å². The van der Waals surface area contributed by atoms with E-state index in [4.69, 9.17) is 0 Å². The lowest BCUT2D eigenvalue weighted by molar-refractivity contribution is 0.0673. The summed E-state index contributed by atoms with van der Waals surface area (Å²) in [6, 6.07) is 13.9. The highest BCUT2D eigenvalue weighted by molar-refractivity contribution is 5.95. The normalized spacial score (nSPS) is 16.4. The Morgan fingerprint density at radius 1 is 1.19 bits per heavy atom. The Balaban J connectivity index is 0.00000169. The summed E-state index contributed by atoms with van der Waals surface area (Å²) in [5, 5.41) is 3.22. The average molecular weight is 396 g/mol. The second kappa shape index (κ2) is 10.5. The molecule has 1 aromatic carbocycles. The summed E-state index contributed by atoms with van der Waals surface area (Å²) in [7, 11) is 1.97. The van der Waals surface area contributed by atoms with Crippen molar-refractivity contribution in [2.75, 3.05) is 26.7 Å². The molecule has 142 valence electrons. The fourth-order valence-corrected chi connectivity index (χ4v) is 3.43. The number of aromatic nitrogens is 1. The molecule has 1 aliphatic rings. The zero-order valence-electron chi connectivity index (χ0n) is 15.3. The number of carbonyl (C=O) groups excluding carboxylic acids is 1. The number of piperidine rings is 1. The number of nitrogens with one attached hydrogen (secondary N) is 1. The van der Waals surface area contributed by atoms with Gasteiger partial charge in [-0.2, -0.15) is 0 Å². The molecule has 0 saturated carbocycles. The predicted octanol–water partition coefficient (Wildman–Crippen LogP) is 3.97. The molecule has 3 rings (SSSR count). The molecule has 2 aromatic rings. The van der Waals surface area contributed by atoms with Crippen molar-refractivity contribution in [1.82, 2.24) is 15.2 Å². The van der Waals surface area contributed by atoms with E-state index in [9.17, 15) is 4.79 Å². The fraction of sp³-hybridized carbons (Fsp3) is 0.400. The maximum absolute atomic E-state index is 12.9. The molecule has 1 amide bonds. The molecule has 0 spiro atoms. The van der Waals surface area contributed by atoms with Gasteiger partial charge in [0.25, 0.3) is 5.91 Å². The van der Waals surface area contributed by atoms with Crippen LogP contribution in [0.5, 0.6) is 0 Å². The van der Waals surface area contributed by atoms with Gasteiger partial charge in [-0.05, 0) is 51.4 Å². The fourth-order valence-electron chi connectivity index (χ4n) is 3.43. The second-order valence-electron chi connectivity index (χ2n) is 6.51. The van der Waals surface area contributed by atoms with Crippen molar-refractivity contribution in [1.29, 1.82) is 0 Å². The SMILES string of the molecule is CNCC1CCCN(C(=O)c2ccc(-c3ccccc3)nc2C)C1.Cl.Cl. The van der Waals surface area contributed by atoms with Crippen LogP contribution in [0.4, 0.5) is 0 Å². The molecule has 4 nitrogen and oxygen atoms in total. The van der Waals surface area contributed by atoms with E-state index in [-0.39, 0.29) is 30.7 Å². The van der Waals surface area contributed by atoms with Crippen molar-refractivity contribution in [2.45, 2.75) is 19.8 Å². The minimum atomic E-state index is 0. The zero-order valence-corrected chi connectivity index (χ0v) is 16.9. The lowest BCUT2D eigenvalue weighted by Gasteiger charge is -2.33.